The lowest BCUT2D eigenvalue weighted by atomic mass is 10.1. The maximum Gasteiger partial charge on any atom is 0.335 e. The van der Waals surface area contributed by atoms with E-state index in [1.54, 1.807) is 37.3 Å². The van der Waals surface area contributed by atoms with E-state index in [1.165, 1.54) is 12.1 Å². The summed E-state index contributed by atoms with van der Waals surface area (Å²) in [5.74, 6) is -1.42. The van der Waals surface area contributed by atoms with Crippen molar-refractivity contribution in [2.45, 2.75) is 6.92 Å². The average Bonchev–Trinajstić information content (AvgIpc) is 2.49. The van der Waals surface area contributed by atoms with Crippen LogP contribution in [0.15, 0.2) is 42.5 Å². The highest BCUT2D eigenvalue weighted by Gasteiger charge is 2.10. The van der Waals surface area contributed by atoms with Gasteiger partial charge in [-0.3, -0.25) is 10.1 Å². The van der Waals surface area contributed by atoms with Crippen molar-refractivity contribution in [1.82, 2.24) is 5.32 Å². The zero-order valence-electron chi connectivity index (χ0n) is 12.1. The van der Waals surface area contributed by atoms with E-state index in [9.17, 15) is 9.59 Å². The molecule has 23 heavy (non-hydrogen) atoms. The number of nitrogens with one attached hydrogen (secondary N) is 2. The van der Waals surface area contributed by atoms with Gasteiger partial charge in [0.05, 0.1) is 5.56 Å². The lowest BCUT2D eigenvalue weighted by molar-refractivity contribution is 0.0696. The second-order valence-electron chi connectivity index (χ2n) is 4.75. The number of carboxylic acid groups (broad SMARTS) is 1. The number of anilines is 1. The number of thiocarbonyl (C=S) groups is 1. The summed E-state index contributed by atoms with van der Waals surface area (Å²) >= 11 is 10.9. The van der Waals surface area contributed by atoms with E-state index in [4.69, 9.17) is 28.9 Å². The molecule has 2 rings (SSSR count). The summed E-state index contributed by atoms with van der Waals surface area (Å²) < 4.78 is 0. The number of hydrogen-bond acceptors (Lipinski definition) is 3. The Bertz CT molecular complexity index is 775. The van der Waals surface area contributed by atoms with Crippen LogP contribution in [0, 0.1) is 6.92 Å². The third-order valence-corrected chi connectivity index (χ3v) is 3.52. The van der Waals surface area contributed by atoms with Crippen molar-refractivity contribution in [3.63, 3.8) is 0 Å². The van der Waals surface area contributed by atoms with Gasteiger partial charge < -0.3 is 10.4 Å². The van der Waals surface area contributed by atoms with Crippen LogP contribution in [-0.4, -0.2) is 22.1 Å². The lowest BCUT2D eigenvalue weighted by Crippen LogP contribution is -2.34. The largest absolute Gasteiger partial charge is 0.478 e. The molecule has 0 aliphatic rings. The molecule has 0 atom stereocenters. The van der Waals surface area contributed by atoms with Gasteiger partial charge in [0.15, 0.2) is 5.11 Å². The molecule has 1 amide bonds. The van der Waals surface area contributed by atoms with E-state index in [2.05, 4.69) is 10.6 Å². The Morgan fingerprint density at radius 2 is 1.70 bits per heavy atom. The zero-order valence-corrected chi connectivity index (χ0v) is 13.7. The summed E-state index contributed by atoms with van der Waals surface area (Å²) in [5, 5.41) is 15.0. The fraction of sp³-hybridized carbons (Fsp3) is 0.0625. The van der Waals surface area contributed by atoms with E-state index in [0.717, 1.165) is 5.56 Å². The predicted octanol–water partition coefficient (Wildman–Crippen LogP) is 3.47. The number of aromatic carboxylic acids is 1. The van der Waals surface area contributed by atoms with Crippen molar-refractivity contribution in [2.24, 2.45) is 0 Å². The predicted molar refractivity (Wildman–Crippen MR) is 93.3 cm³/mol. The van der Waals surface area contributed by atoms with Gasteiger partial charge >= 0.3 is 5.97 Å². The molecule has 0 heterocycles. The van der Waals surface area contributed by atoms with Crippen LogP contribution in [0.3, 0.4) is 0 Å². The number of benzene rings is 2. The molecular formula is C16H13ClN2O3S. The normalized spacial score (nSPS) is 10.0. The van der Waals surface area contributed by atoms with Gasteiger partial charge in [0.1, 0.15) is 0 Å². The number of carboxylic acids is 1. The van der Waals surface area contributed by atoms with E-state index >= 15 is 0 Å². The van der Waals surface area contributed by atoms with Gasteiger partial charge in [0, 0.05) is 16.3 Å². The Kier molecular flexibility index (Phi) is 5.31. The van der Waals surface area contributed by atoms with Gasteiger partial charge in [-0.2, -0.15) is 0 Å². The van der Waals surface area contributed by atoms with Gasteiger partial charge in [-0.1, -0.05) is 17.7 Å². The fourth-order valence-corrected chi connectivity index (χ4v) is 2.15. The average molecular weight is 349 g/mol. The third-order valence-electron chi connectivity index (χ3n) is 3.07. The van der Waals surface area contributed by atoms with Crippen LogP contribution >= 0.6 is 23.8 Å². The quantitative estimate of drug-likeness (QED) is 0.740. The number of aryl methyl sites for hydroxylation is 1. The molecule has 7 heteroatoms. The summed E-state index contributed by atoms with van der Waals surface area (Å²) in [6.45, 7) is 1.80. The third kappa shape index (κ3) is 4.51. The monoisotopic (exact) mass is 348 g/mol. The van der Waals surface area contributed by atoms with Crippen molar-refractivity contribution in [3.05, 3.63) is 64.2 Å². The first kappa shape index (κ1) is 16.9. The first-order chi connectivity index (χ1) is 10.9. The SMILES string of the molecule is Cc1ccc(C(=O)O)cc1NC(=S)NC(=O)c1ccc(Cl)cc1. The molecule has 0 fully saturated rings. The second-order valence-corrected chi connectivity index (χ2v) is 5.59. The molecule has 3 N–H and O–H groups in total. The van der Waals surface area contributed by atoms with E-state index in [0.29, 0.717) is 16.3 Å². The van der Waals surface area contributed by atoms with Crippen LogP contribution in [0.2, 0.25) is 5.02 Å². The molecule has 0 aliphatic carbocycles. The van der Waals surface area contributed by atoms with Crippen molar-refractivity contribution >= 4 is 46.5 Å². The minimum Gasteiger partial charge on any atom is -0.478 e. The highest BCUT2D eigenvalue weighted by molar-refractivity contribution is 7.80. The van der Waals surface area contributed by atoms with Crippen LogP contribution in [0.25, 0.3) is 0 Å². The van der Waals surface area contributed by atoms with Crippen molar-refractivity contribution in [3.8, 4) is 0 Å². The van der Waals surface area contributed by atoms with Crippen LogP contribution in [-0.2, 0) is 0 Å². The minimum absolute atomic E-state index is 0.0792. The van der Waals surface area contributed by atoms with Crippen LogP contribution < -0.4 is 10.6 Å². The minimum atomic E-state index is -1.04. The summed E-state index contributed by atoms with van der Waals surface area (Å²) in [5.41, 5.74) is 1.86. The Hall–Kier alpha value is -2.44. The summed E-state index contributed by atoms with van der Waals surface area (Å²) in [6.07, 6.45) is 0. The van der Waals surface area contributed by atoms with Crippen LogP contribution in [0.4, 0.5) is 5.69 Å². The van der Waals surface area contributed by atoms with Crippen molar-refractivity contribution < 1.29 is 14.7 Å². The summed E-state index contributed by atoms with van der Waals surface area (Å²) in [4.78, 5) is 23.0. The summed E-state index contributed by atoms with van der Waals surface area (Å²) in [6, 6.07) is 11.0. The topological polar surface area (TPSA) is 78.4 Å². The number of halogens is 1. The van der Waals surface area contributed by atoms with Crippen LogP contribution in [0.1, 0.15) is 26.3 Å². The number of carbonyl (C=O) groups excluding carboxylic acids is 1. The lowest BCUT2D eigenvalue weighted by Gasteiger charge is -2.12. The molecule has 0 aromatic heterocycles. The van der Waals surface area contributed by atoms with Crippen molar-refractivity contribution in [2.75, 3.05) is 5.32 Å². The van der Waals surface area contributed by atoms with Gasteiger partial charge in [0.2, 0.25) is 0 Å². The van der Waals surface area contributed by atoms with E-state index < -0.39 is 5.97 Å². The number of hydrogen-bond donors (Lipinski definition) is 3. The molecule has 2 aromatic rings. The van der Waals surface area contributed by atoms with Crippen molar-refractivity contribution in [1.29, 1.82) is 0 Å². The fourth-order valence-electron chi connectivity index (χ4n) is 1.82. The number of rotatable bonds is 3. The maximum absolute atomic E-state index is 12.0. The highest BCUT2D eigenvalue weighted by Crippen LogP contribution is 2.17. The Labute approximate surface area is 143 Å². The second kappa shape index (κ2) is 7.21. The van der Waals surface area contributed by atoms with Gasteiger partial charge in [-0.15, -0.1) is 0 Å². The Balaban J connectivity index is 2.07. The highest BCUT2D eigenvalue weighted by atomic mass is 35.5. The van der Waals surface area contributed by atoms with Gasteiger partial charge in [0.25, 0.3) is 5.91 Å². The molecule has 0 spiro atoms. The summed E-state index contributed by atoms with van der Waals surface area (Å²) in [7, 11) is 0. The molecule has 0 unspecified atom stereocenters. The maximum atomic E-state index is 12.0. The standard InChI is InChI=1S/C16H13ClN2O3S/c1-9-2-3-11(15(21)22)8-13(9)18-16(23)19-14(20)10-4-6-12(17)7-5-10/h2-8H,1H3,(H,21,22)(H2,18,19,20,23). The van der Waals surface area contributed by atoms with Gasteiger partial charge in [-0.25, -0.2) is 4.79 Å². The molecule has 2 aromatic carbocycles. The molecular weight excluding hydrogens is 336 g/mol. The zero-order chi connectivity index (χ0) is 17.0. The molecule has 0 aliphatic heterocycles. The smallest absolute Gasteiger partial charge is 0.335 e. The number of carbonyl (C=O) groups is 2. The first-order valence-corrected chi connectivity index (χ1v) is 7.37. The Morgan fingerprint density at radius 1 is 1.09 bits per heavy atom. The molecule has 118 valence electrons. The Morgan fingerprint density at radius 3 is 2.30 bits per heavy atom. The molecule has 0 radical (unpaired) electrons. The molecule has 0 saturated carbocycles. The van der Waals surface area contributed by atoms with Crippen LogP contribution in [0.5, 0.6) is 0 Å². The first-order valence-electron chi connectivity index (χ1n) is 6.58. The molecule has 0 saturated heterocycles. The van der Waals surface area contributed by atoms with E-state index in [-0.39, 0.29) is 16.6 Å². The molecule has 0 bridgehead atoms. The number of amides is 1. The van der Waals surface area contributed by atoms with E-state index in [1.807, 2.05) is 0 Å². The molecule has 5 nitrogen and oxygen atoms in total. The van der Waals surface area contributed by atoms with Gasteiger partial charge in [-0.05, 0) is 61.1 Å².